The van der Waals surface area contributed by atoms with E-state index in [4.69, 9.17) is 0 Å². The van der Waals surface area contributed by atoms with Gasteiger partial charge in [-0.1, -0.05) is 5.92 Å². The first kappa shape index (κ1) is 9.08. The summed E-state index contributed by atoms with van der Waals surface area (Å²) in [7, 11) is 0. The van der Waals surface area contributed by atoms with Gasteiger partial charge in [0.15, 0.2) is 0 Å². The van der Waals surface area contributed by atoms with Crippen LogP contribution in [0.1, 0.15) is 19.8 Å². The number of amides is 1. The summed E-state index contributed by atoms with van der Waals surface area (Å²) in [5, 5.41) is 6.04. The van der Waals surface area contributed by atoms with E-state index in [2.05, 4.69) is 22.5 Å². The maximum atomic E-state index is 10.9. The summed E-state index contributed by atoms with van der Waals surface area (Å²) in [6.45, 7) is 3.43. The standard InChI is InChI=1S/C9H14N2O/c1-2-4-9(12)11-7-8-5-3-6-10-8/h8,10H,3,5-7H2,1H3,(H,11,12). The highest BCUT2D eigenvalue weighted by Crippen LogP contribution is 2.02. The molecule has 0 saturated carbocycles. The minimum absolute atomic E-state index is 0.175. The van der Waals surface area contributed by atoms with E-state index in [1.807, 2.05) is 0 Å². The average Bonchev–Trinajstić information content (AvgIpc) is 2.53. The van der Waals surface area contributed by atoms with Crippen LogP contribution in [0, 0.1) is 11.8 Å². The Labute approximate surface area is 72.9 Å². The second-order valence-electron chi connectivity index (χ2n) is 2.88. The van der Waals surface area contributed by atoms with Crippen molar-refractivity contribution in [2.24, 2.45) is 0 Å². The van der Waals surface area contributed by atoms with Gasteiger partial charge in [0.2, 0.25) is 0 Å². The minimum atomic E-state index is -0.175. The molecule has 2 N–H and O–H groups in total. The third-order valence-corrected chi connectivity index (χ3v) is 1.91. The van der Waals surface area contributed by atoms with Gasteiger partial charge in [-0.3, -0.25) is 4.79 Å². The molecule has 0 bridgehead atoms. The lowest BCUT2D eigenvalue weighted by atomic mass is 10.2. The van der Waals surface area contributed by atoms with E-state index >= 15 is 0 Å². The molecule has 66 valence electrons. The maximum absolute atomic E-state index is 10.9. The van der Waals surface area contributed by atoms with Crippen LogP contribution in [-0.2, 0) is 4.79 Å². The molecule has 1 atom stereocenters. The lowest BCUT2D eigenvalue weighted by molar-refractivity contribution is -0.115. The molecule has 0 aliphatic carbocycles. The van der Waals surface area contributed by atoms with Crippen molar-refractivity contribution in [1.82, 2.24) is 10.6 Å². The van der Waals surface area contributed by atoms with Crippen LogP contribution in [0.15, 0.2) is 0 Å². The van der Waals surface area contributed by atoms with Crippen molar-refractivity contribution < 1.29 is 4.79 Å². The van der Waals surface area contributed by atoms with Crippen molar-refractivity contribution in [3.63, 3.8) is 0 Å². The summed E-state index contributed by atoms with van der Waals surface area (Å²) in [5.74, 6) is 4.83. The topological polar surface area (TPSA) is 41.1 Å². The van der Waals surface area contributed by atoms with Crippen molar-refractivity contribution in [1.29, 1.82) is 0 Å². The number of rotatable bonds is 2. The molecule has 0 aromatic heterocycles. The van der Waals surface area contributed by atoms with Crippen LogP contribution < -0.4 is 10.6 Å². The molecule has 1 amide bonds. The summed E-state index contributed by atoms with van der Waals surface area (Å²) < 4.78 is 0. The summed E-state index contributed by atoms with van der Waals surface area (Å²) in [6.07, 6.45) is 2.36. The van der Waals surface area contributed by atoms with Crippen LogP contribution in [0.2, 0.25) is 0 Å². The van der Waals surface area contributed by atoms with Crippen LogP contribution >= 0.6 is 0 Å². The largest absolute Gasteiger partial charge is 0.344 e. The molecule has 1 aliphatic heterocycles. The summed E-state index contributed by atoms with van der Waals surface area (Å²) in [6, 6.07) is 0.451. The molecule has 1 fully saturated rings. The lowest BCUT2D eigenvalue weighted by Gasteiger charge is -2.08. The monoisotopic (exact) mass is 166 g/mol. The first-order valence-electron chi connectivity index (χ1n) is 4.27. The molecular formula is C9H14N2O. The van der Waals surface area contributed by atoms with E-state index in [1.54, 1.807) is 6.92 Å². The van der Waals surface area contributed by atoms with E-state index in [9.17, 15) is 4.79 Å². The van der Waals surface area contributed by atoms with Gasteiger partial charge in [0.1, 0.15) is 0 Å². The molecule has 1 rings (SSSR count). The molecule has 0 aromatic rings. The Kier molecular flexibility index (Phi) is 3.62. The van der Waals surface area contributed by atoms with Crippen LogP contribution in [0.5, 0.6) is 0 Å². The van der Waals surface area contributed by atoms with Gasteiger partial charge < -0.3 is 10.6 Å². The zero-order valence-corrected chi connectivity index (χ0v) is 7.31. The molecule has 3 nitrogen and oxygen atoms in total. The van der Waals surface area contributed by atoms with E-state index in [1.165, 1.54) is 6.42 Å². The summed E-state index contributed by atoms with van der Waals surface area (Å²) in [5.41, 5.74) is 0. The number of hydrogen-bond donors (Lipinski definition) is 2. The number of carbonyl (C=O) groups is 1. The summed E-state index contributed by atoms with van der Waals surface area (Å²) >= 11 is 0. The molecular weight excluding hydrogens is 152 g/mol. The Bertz CT molecular complexity index is 208. The van der Waals surface area contributed by atoms with Gasteiger partial charge in [-0.25, -0.2) is 0 Å². The van der Waals surface area contributed by atoms with Gasteiger partial charge in [0.25, 0.3) is 5.91 Å². The fraction of sp³-hybridized carbons (Fsp3) is 0.667. The first-order chi connectivity index (χ1) is 5.83. The summed E-state index contributed by atoms with van der Waals surface area (Å²) in [4.78, 5) is 10.9. The fourth-order valence-electron chi connectivity index (χ4n) is 1.30. The predicted octanol–water partition coefficient (Wildman–Crippen LogP) is -0.122. The van der Waals surface area contributed by atoms with Gasteiger partial charge >= 0.3 is 0 Å². The molecule has 1 heterocycles. The molecule has 1 aliphatic rings. The fourth-order valence-corrected chi connectivity index (χ4v) is 1.30. The van der Waals surface area contributed by atoms with Crippen molar-refractivity contribution in [3.8, 4) is 11.8 Å². The Morgan fingerprint density at radius 2 is 2.58 bits per heavy atom. The van der Waals surface area contributed by atoms with E-state index in [0.29, 0.717) is 12.6 Å². The third-order valence-electron chi connectivity index (χ3n) is 1.91. The number of hydrogen-bond acceptors (Lipinski definition) is 2. The van der Waals surface area contributed by atoms with E-state index < -0.39 is 0 Å². The van der Waals surface area contributed by atoms with Gasteiger partial charge in [0, 0.05) is 12.6 Å². The van der Waals surface area contributed by atoms with E-state index in [-0.39, 0.29) is 5.91 Å². The Morgan fingerprint density at radius 3 is 3.17 bits per heavy atom. The molecule has 1 saturated heterocycles. The smallest absolute Gasteiger partial charge is 0.295 e. The number of carbonyl (C=O) groups excluding carboxylic acids is 1. The van der Waals surface area contributed by atoms with Gasteiger partial charge in [-0.15, -0.1) is 0 Å². The molecule has 0 aromatic carbocycles. The van der Waals surface area contributed by atoms with Gasteiger partial charge in [-0.05, 0) is 32.2 Å². The highest BCUT2D eigenvalue weighted by molar-refractivity contribution is 5.93. The third kappa shape index (κ3) is 2.93. The second-order valence-corrected chi connectivity index (χ2v) is 2.88. The van der Waals surface area contributed by atoms with Crippen LogP contribution in [0.4, 0.5) is 0 Å². The number of nitrogens with one attached hydrogen (secondary N) is 2. The van der Waals surface area contributed by atoms with Crippen molar-refractivity contribution in [2.75, 3.05) is 13.1 Å². The first-order valence-corrected chi connectivity index (χ1v) is 4.27. The van der Waals surface area contributed by atoms with Crippen molar-refractivity contribution in [3.05, 3.63) is 0 Å². The Morgan fingerprint density at radius 1 is 1.75 bits per heavy atom. The molecule has 1 unspecified atom stereocenters. The molecule has 0 radical (unpaired) electrons. The highest BCUT2D eigenvalue weighted by Gasteiger charge is 2.13. The lowest BCUT2D eigenvalue weighted by Crippen LogP contribution is -2.36. The van der Waals surface area contributed by atoms with Crippen molar-refractivity contribution >= 4 is 5.91 Å². The quantitative estimate of drug-likeness (QED) is 0.561. The Balaban J connectivity index is 2.14. The van der Waals surface area contributed by atoms with Crippen LogP contribution in [0.25, 0.3) is 0 Å². The molecule has 12 heavy (non-hydrogen) atoms. The second kappa shape index (κ2) is 4.78. The molecule has 0 spiro atoms. The van der Waals surface area contributed by atoms with Gasteiger partial charge in [0.05, 0.1) is 0 Å². The average molecular weight is 166 g/mol. The zero-order chi connectivity index (χ0) is 8.81. The normalized spacial score (nSPS) is 21.2. The zero-order valence-electron chi connectivity index (χ0n) is 7.31. The Hall–Kier alpha value is -1.01. The van der Waals surface area contributed by atoms with Gasteiger partial charge in [-0.2, -0.15) is 0 Å². The SMILES string of the molecule is CC#CC(=O)NCC1CCCN1. The van der Waals surface area contributed by atoms with Crippen LogP contribution in [-0.4, -0.2) is 25.0 Å². The van der Waals surface area contributed by atoms with Crippen LogP contribution in [0.3, 0.4) is 0 Å². The van der Waals surface area contributed by atoms with E-state index in [0.717, 1.165) is 13.0 Å². The predicted molar refractivity (Wildman–Crippen MR) is 47.5 cm³/mol. The maximum Gasteiger partial charge on any atom is 0.295 e. The molecule has 3 heteroatoms. The van der Waals surface area contributed by atoms with Crippen molar-refractivity contribution in [2.45, 2.75) is 25.8 Å². The minimum Gasteiger partial charge on any atom is -0.344 e. The highest BCUT2D eigenvalue weighted by atomic mass is 16.1.